The minimum atomic E-state index is -0.729. The van der Waals surface area contributed by atoms with Crippen LogP contribution in [0.3, 0.4) is 0 Å². The number of hydrogen-bond acceptors (Lipinski definition) is 5. The molecule has 0 radical (unpaired) electrons. The van der Waals surface area contributed by atoms with Crippen LogP contribution in [0.2, 0.25) is 0 Å². The lowest BCUT2D eigenvalue weighted by atomic mass is 10.0. The molecule has 0 heterocycles. The number of rotatable bonds is 3. The average Bonchev–Trinajstić information content (AvgIpc) is 2.28. The van der Waals surface area contributed by atoms with E-state index in [0.29, 0.717) is 5.56 Å². The summed E-state index contributed by atoms with van der Waals surface area (Å²) in [6.07, 6.45) is 0. The van der Waals surface area contributed by atoms with Crippen LogP contribution in [0.1, 0.15) is 28.4 Å². The van der Waals surface area contributed by atoms with Crippen molar-refractivity contribution in [3.63, 3.8) is 0 Å². The number of nitrogens with zero attached hydrogens (tertiary/aromatic N) is 2. The third-order valence-electron chi connectivity index (χ3n) is 2.15. The summed E-state index contributed by atoms with van der Waals surface area (Å²) in [5.41, 5.74) is 0.129. The van der Waals surface area contributed by atoms with Gasteiger partial charge in [0, 0.05) is 11.6 Å². The Kier molecular flexibility index (Phi) is 3.78. The maximum absolute atomic E-state index is 11.5. The van der Waals surface area contributed by atoms with E-state index in [9.17, 15) is 14.9 Å². The van der Waals surface area contributed by atoms with Crippen molar-refractivity contribution in [3.8, 4) is 6.07 Å². The Balaban J connectivity index is 3.37. The van der Waals surface area contributed by atoms with Crippen LogP contribution < -0.4 is 0 Å². The van der Waals surface area contributed by atoms with E-state index in [1.165, 1.54) is 13.0 Å². The Labute approximate surface area is 97.6 Å². The topological polar surface area (TPSA) is 93.2 Å². The molecule has 0 N–H and O–H groups in total. The molecule has 1 aromatic carbocycles. The highest BCUT2D eigenvalue weighted by Crippen LogP contribution is 2.23. The zero-order valence-corrected chi connectivity index (χ0v) is 9.39. The summed E-state index contributed by atoms with van der Waals surface area (Å²) >= 11 is 0. The van der Waals surface area contributed by atoms with E-state index in [0.717, 1.165) is 6.07 Å². The van der Waals surface area contributed by atoms with Crippen LogP contribution in [-0.2, 0) is 4.74 Å². The number of nitro benzene ring substituents is 1. The molecule has 0 unspecified atom stereocenters. The molecule has 6 nitrogen and oxygen atoms in total. The summed E-state index contributed by atoms with van der Waals surface area (Å²) < 4.78 is 4.73. The van der Waals surface area contributed by atoms with Crippen LogP contribution in [0.25, 0.3) is 0 Å². The van der Waals surface area contributed by atoms with Gasteiger partial charge >= 0.3 is 5.97 Å². The van der Waals surface area contributed by atoms with E-state index in [4.69, 9.17) is 10.00 Å². The van der Waals surface area contributed by atoms with Crippen LogP contribution >= 0.6 is 0 Å². The molecule has 0 atom stereocenters. The first kappa shape index (κ1) is 12.6. The second-order valence-corrected chi connectivity index (χ2v) is 3.27. The summed E-state index contributed by atoms with van der Waals surface area (Å²) in [5.74, 6) is -0.729. The number of hydrogen-bond donors (Lipinski definition) is 0. The first-order valence-corrected chi connectivity index (χ1v) is 4.87. The number of carbonyl (C=O) groups excluding carboxylic acids is 1. The fourth-order valence-corrected chi connectivity index (χ4v) is 1.36. The Bertz CT molecular complexity index is 517. The lowest BCUT2D eigenvalue weighted by molar-refractivity contribution is -0.385. The van der Waals surface area contributed by atoms with Gasteiger partial charge in [-0.25, -0.2) is 4.79 Å². The van der Waals surface area contributed by atoms with Gasteiger partial charge in [-0.15, -0.1) is 0 Å². The lowest BCUT2D eigenvalue weighted by Crippen LogP contribution is -2.08. The first-order chi connectivity index (χ1) is 8.01. The van der Waals surface area contributed by atoms with Gasteiger partial charge in [0.1, 0.15) is 6.07 Å². The Morgan fingerprint density at radius 2 is 2.24 bits per heavy atom. The Morgan fingerprint density at radius 3 is 2.71 bits per heavy atom. The fourth-order valence-electron chi connectivity index (χ4n) is 1.36. The van der Waals surface area contributed by atoms with Crippen LogP contribution in [0.15, 0.2) is 12.1 Å². The highest BCUT2D eigenvalue weighted by Gasteiger charge is 2.20. The molecule has 0 saturated heterocycles. The normalized spacial score (nSPS) is 9.47. The Hall–Kier alpha value is -2.42. The third-order valence-corrected chi connectivity index (χ3v) is 2.15. The molecular formula is C11H10N2O4. The van der Waals surface area contributed by atoms with Crippen molar-refractivity contribution in [1.29, 1.82) is 5.26 Å². The van der Waals surface area contributed by atoms with Gasteiger partial charge < -0.3 is 4.74 Å². The van der Waals surface area contributed by atoms with E-state index in [2.05, 4.69) is 0 Å². The largest absolute Gasteiger partial charge is 0.462 e. The van der Waals surface area contributed by atoms with Gasteiger partial charge in [0.05, 0.1) is 22.7 Å². The molecule has 17 heavy (non-hydrogen) atoms. The van der Waals surface area contributed by atoms with Gasteiger partial charge in [-0.1, -0.05) is 0 Å². The number of benzene rings is 1. The second kappa shape index (κ2) is 5.07. The van der Waals surface area contributed by atoms with Crippen LogP contribution in [0.4, 0.5) is 5.69 Å². The maximum atomic E-state index is 11.5. The summed E-state index contributed by atoms with van der Waals surface area (Å²) in [5, 5.41) is 19.6. The minimum Gasteiger partial charge on any atom is -0.462 e. The van der Waals surface area contributed by atoms with Crippen LogP contribution in [0, 0.1) is 28.4 Å². The van der Waals surface area contributed by atoms with Crippen molar-refractivity contribution < 1.29 is 14.5 Å². The molecule has 1 aromatic rings. The quantitative estimate of drug-likeness (QED) is 0.452. The number of esters is 1. The van der Waals surface area contributed by atoms with Crippen molar-refractivity contribution in [2.75, 3.05) is 6.61 Å². The van der Waals surface area contributed by atoms with Crippen molar-refractivity contribution in [2.24, 2.45) is 0 Å². The number of carbonyl (C=O) groups is 1. The minimum absolute atomic E-state index is 0.0755. The van der Waals surface area contributed by atoms with Gasteiger partial charge in [-0.2, -0.15) is 5.26 Å². The molecule has 0 fully saturated rings. The zero-order valence-electron chi connectivity index (χ0n) is 9.39. The van der Waals surface area contributed by atoms with Gasteiger partial charge in [0.2, 0.25) is 0 Å². The molecule has 0 bridgehead atoms. The highest BCUT2D eigenvalue weighted by molar-refractivity contribution is 5.93. The Morgan fingerprint density at radius 1 is 1.59 bits per heavy atom. The standard InChI is InChI=1S/C11H10N2O4/c1-3-17-11(14)9-5-10(13(15)16)7(2)4-8(9)6-12/h4-5H,3H2,1-2H3. The van der Waals surface area contributed by atoms with Crippen molar-refractivity contribution >= 4 is 11.7 Å². The second-order valence-electron chi connectivity index (χ2n) is 3.27. The van der Waals surface area contributed by atoms with Gasteiger partial charge in [-0.3, -0.25) is 10.1 Å². The monoisotopic (exact) mass is 234 g/mol. The molecule has 6 heteroatoms. The van der Waals surface area contributed by atoms with E-state index in [-0.39, 0.29) is 23.4 Å². The molecular weight excluding hydrogens is 224 g/mol. The molecule has 0 spiro atoms. The summed E-state index contributed by atoms with van der Waals surface area (Å²) in [6.45, 7) is 3.27. The van der Waals surface area contributed by atoms with Crippen molar-refractivity contribution in [2.45, 2.75) is 13.8 Å². The lowest BCUT2D eigenvalue weighted by Gasteiger charge is -2.05. The summed E-state index contributed by atoms with van der Waals surface area (Å²) in [7, 11) is 0. The van der Waals surface area contributed by atoms with Gasteiger partial charge in [0.15, 0.2) is 0 Å². The predicted molar refractivity (Wildman–Crippen MR) is 58.5 cm³/mol. The molecule has 0 aliphatic carbocycles. The predicted octanol–water partition coefficient (Wildman–Crippen LogP) is 1.95. The first-order valence-electron chi connectivity index (χ1n) is 4.87. The average molecular weight is 234 g/mol. The number of nitriles is 1. The van der Waals surface area contributed by atoms with Crippen LogP contribution in [-0.4, -0.2) is 17.5 Å². The number of aryl methyl sites for hydroxylation is 1. The third kappa shape index (κ3) is 2.58. The summed E-state index contributed by atoms with van der Waals surface area (Å²) in [6, 6.07) is 4.20. The number of nitro groups is 1. The molecule has 0 amide bonds. The maximum Gasteiger partial charge on any atom is 0.339 e. The highest BCUT2D eigenvalue weighted by atomic mass is 16.6. The molecule has 0 saturated carbocycles. The molecule has 0 aliphatic heterocycles. The SMILES string of the molecule is CCOC(=O)c1cc([N+](=O)[O-])c(C)cc1C#N. The van der Waals surface area contributed by atoms with E-state index < -0.39 is 10.9 Å². The molecule has 0 aromatic heterocycles. The molecule has 1 rings (SSSR count). The van der Waals surface area contributed by atoms with E-state index >= 15 is 0 Å². The zero-order chi connectivity index (χ0) is 13.0. The van der Waals surface area contributed by atoms with E-state index in [1.54, 1.807) is 6.92 Å². The summed E-state index contributed by atoms with van der Waals surface area (Å²) in [4.78, 5) is 21.6. The van der Waals surface area contributed by atoms with E-state index in [1.807, 2.05) is 6.07 Å². The fraction of sp³-hybridized carbons (Fsp3) is 0.273. The molecule has 88 valence electrons. The smallest absolute Gasteiger partial charge is 0.339 e. The molecule has 0 aliphatic rings. The van der Waals surface area contributed by atoms with Gasteiger partial charge in [0.25, 0.3) is 5.69 Å². The van der Waals surface area contributed by atoms with Crippen LogP contribution in [0.5, 0.6) is 0 Å². The van der Waals surface area contributed by atoms with Crippen molar-refractivity contribution in [3.05, 3.63) is 38.9 Å². The number of ether oxygens (including phenoxy) is 1. The van der Waals surface area contributed by atoms with Crippen molar-refractivity contribution in [1.82, 2.24) is 0 Å². The van der Waals surface area contributed by atoms with Gasteiger partial charge in [-0.05, 0) is 19.9 Å².